The molecule has 1 unspecified atom stereocenters. The summed E-state index contributed by atoms with van der Waals surface area (Å²) < 4.78 is 5.49. The highest BCUT2D eigenvalue weighted by Crippen LogP contribution is 2.17. The van der Waals surface area contributed by atoms with Gasteiger partial charge < -0.3 is 15.4 Å². The average Bonchev–Trinajstić information content (AvgIpc) is 2.46. The van der Waals surface area contributed by atoms with Crippen LogP contribution in [0.15, 0.2) is 24.3 Å². The summed E-state index contributed by atoms with van der Waals surface area (Å²) in [6.45, 7) is 8.40. The smallest absolute Gasteiger partial charge is 0.227 e. The molecule has 0 aliphatic carbocycles. The number of amides is 1. The molecule has 4 nitrogen and oxygen atoms in total. The van der Waals surface area contributed by atoms with Gasteiger partial charge in [-0.1, -0.05) is 12.1 Å². The molecule has 1 atom stereocenters. The van der Waals surface area contributed by atoms with Gasteiger partial charge in [0.05, 0.1) is 12.5 Å². The molecule has 0 saturated carbocycles. The molecule has 0 aliphatic rings. The number of carbonyl (C=O) groups is 1. The van der Waals surface area contributed by atoms with Gasteiger partial charge in [-0.05, 0) is 44.9 Å². The van der Waals surface area contributed by atoms with Crippen LogP contribution in [-0.2, 0) is 11.2 Å². The molecule has 0 spiro atoms. The third kappa shape index (κ3) is 4.53. The van der Waals surface area contributed by atoms with Crippen LogP contribution in [0.1, 0.15) is 26.3 Å². The lowest BCUT2D eigenvalue weighted by Crippen LogP contribution is -2.39. The van der Waals surface area contributed by atoms with Gasteiger partial charge in [0, 0.05) is 19.6 Å². The minimum atomic E-state index is -0.160. The van der Waals surface area contributed by atoms with E-state index in [1.165, 1.54) is 0 Å². The predicted octanol–water partition coefficient (Wildman–Crippen LogP) is 2.07. The summed E-state index contributed by atoms with van der Waals surface area (Å²) in [7, 11) is 0. The zero-order valence-electron chi connectivity index (χ0n) is 12.8. The summed E-state index contributed by atoms with van der Waals surface area (Å²) in [5.74, 6) is 0.821. The highest BCUT2D eigenvalue weighted by atomic mass is 16.5. The lowest BCUT2D eigenvalue weighted by atomic mass is 9.97. The molecule has 1 aromatic carbocycles. The van der Waals surface area contributed by atoms with E-state index >= 15 is 0 Å². The van der Waals surface area contributed by atoms with Crippen LogP contribution in [0, 0.1) is 5.92 Å². The van der Waals surface area contributed by atoms with Crippen LogP contribution < -0.4 is 10.5 Å². The molecule has 1 aromatic rings. The average molecular weight is 278 g/mol. The maximum atomic E-state index is 12.4. The Labute approximate surface area is 121 Å². The number of hydrogen-bond donors (Lipinski definition) is 1. The van der Waals surface area contributed by atoms with Gasteiger partial charge in [-0.3, -0.25) is 4.79 Å². The van der Waals surface area contributed by atoms with Gasteiger partial charge in [-0.15, -0.1) is 0 Å². The van der Waals surface area contributed by atoms with Crippen molar-refractivity contribution in [3.8, 4) is 5.75 Å². The highest BCUT2D eigenvalue weighted by Gasteiger charge is 2.21. The van der Waals surface area contributed by atoms with Gasteiger partial charge in [-0.2, -0.15) is 0 Å². The second-order valence-electron chi connectivity index (χ2n) is 4.73. The van der Waals surface area contributed by atoms with Gasteiger partial charge in [0.1, 0.15) is 5.75 Å². The third-order valence-corrected chi connectivity index (χ3v) is 3.40. The van der Waals surface area contributed by atoms with E-state index in [0.29, 0.717) is 19.6 Å². The Morgan fingerprint density at radius 2 is 2.00 bits per heavy atom. The lowest BCUT2D eigenvalue weighted by molar-refractivity contribution is -0.134. The molecular weight excluding hydrogens is 252 g/mol. The van der Waals surface area contributed by atoms with Crippen LogP contribution in [0.2, 0.25) is 0 Å². The number of nitrogens with two attached hydrogens (primary N) is 1. The maximum Gasteiger partial charge on any atom is 0.227 e. The Kier molecular flexibility index (Phi) is 7.09. The minimum Gasteiger partial charge on any atom is -0.494 e. The van der Waals surface area contributed by atoms with Crippen molar-refractivity contribution in [3.63, 3.8) is 0 Å². The standard InChI is InChI=1S/C16H26N2O2/c1-4-18(5-2)16(19)14(12-17)10-13-8-7-9-15(11-13)20-6-3/h7-9,11,14H,4-6,10,12,17H2,1-3H3. The van der Waals surface area contributed by atoms with E-state index < -0.39 is 0 Å². The quantitative estimate of drug-likeness (QED) is 0.792. The number of hydrogen-bond acceptors (Lipinski definition) is 3. The fourth-order valence-electron chi connectivity index (χ4n) is 2.28. The summed E-state index contributed by atoms with van der Waals surface area (Å²) in [4.78, 5) is 14.2. The zero-order valence-corrected chi connectivity index (χ0v) is 12.8. The molecule has 112 valence electrons. The molecule has 1 rings (SSSR count). The van der Waals surface area contributed by atoms with Gasteiger partial charge in [0.15, 0.2) is 0 Å². The molecule has 4 heteroatoms. The Morgan fingerprint density at radius 1 is 1.30 bits per heavy atom. The summed E-state index contributed by atoms with van der Waals surface area (Å²) in [6, 6.07) is 7.88. The molecule has 0 aromatic heterocycles. The van der Waals surface area contributed by atoms with E-state index in [0.717, 1.165) is 24.4 Å². The monoisotopic (exact) mass is 278 g/mol. The normalized spacial score (nSPS) is 12.0. The van der Waals surface area contributed by atoms with Crippen LogP contribution in [0.3, 0.4) is 0 Å². The van der Waals surface area contributed by atoms with Crippen molar-refractivity contribution in [2.24, 2.45) is 11.7 Å². The van der Waals surface area contributed by atoms with E-state index in [4.69, 9.17) is 10.5 Å². The van der Waals surface area contributed by atoms with Crippen LogP contribution in [0.5, 0.6) is 5.75 Å². The van der Waals surface area contributed by atoms with Gasteiger partial charge in [0.2, 0.25) is 5.91 Å². The predicted molar refractivity (Wildman–Crippen MR) is 81.8 cm³/mol. The maximum absolute atomic E-state index is 12.4. The number of benzene rings is 1. The molecule has 20 heavy (non-hydrogen) atoms. The number of nitrogens with zero attached hydrogens (tertiary/aromatic N) is 1. The second-order valence-corrected chi connectivity index (χ2v) is 4.73. The third-order valence-electron chi connectivity index (χ3n) is 3.40. The summed E-state index contributed by atoms with van der Waals surface area (Å²) >= 11 is 0. The Balaban J connectivity index is 2.77. The first-order valence-corrected chi connectivity index (χ1v) is 7.36. The van der Waals surface area contributed by atoms with Crippen molar-refractivity contribution >= 4 is 5.91 Å². The van der Waals surface area contributed by atoms with E-state index in [1.54, 1.807) is 0 Å². The fraction of sp³-hybridized carbons (Fsp3) is 0.562. The first-order valence-electron chi connectivity index (χ1n) is 7.36. The molecule has 2 N–H and O–H groups in total. The number of rotatable bonds is 8. The van der Waals surface area contributed by atoms with Crippen LogP contribution in [-0.4, -0.2) is 37.0 Å². The van der Waals surface area contributed by atoms with Crippen LogP contribution in [0.25, 0.3) is 0 Å². The molecule has 0 aliphatic heterocycles. The van der Waals surface area contributed by atoms with Crippen molar-refractivity contribution in [1.29, 1.82) is 0 Å². The summed E-state index contributed by atoms with van der Waals surface area (Å²) in [5, 5.41) is 0. The van der Waals surface area contributed by atoms with Crippen LogP contribution in [0.4, 0.5) is 0 Å². The molecule has 0 fully saturated rings. The zero-order chi connectivity index (χ0) is 15.0. The van der Waals surface area contributed by atoms with Gasteiger partial charge in [-0.25, -0.2) is 0 Å². The van der Waals surface area contributed by atoms with Crippen molar-refractivity contribution in [1.82, 2.24) is 4.90 Å². The van der Waals surface area contributed by atoms with Crippen molar-refractivity contribution < 1.29 is 9.53 Å². The SMILES string of the molecule is CCOc1cccc(CC(CN)C(=O)N(CC)CC)c1. The van der Waals surface area contributed by atoms with Crippen molar-refractivity contribution in [2.75, 3.05) is 26.2 Å². The Bertz CT molecular complexity index is 417. The van der Waals surface area contributed by atoms with Crippen LogP contribution >= 0.6 is 0 Å². The number of carbonyl (C=O) groups excluding carboxylic acids is 1. The molecule has 0 saturated heterocycles. The summed E-state index contributed by atoms with van der Waals surface area (Å²) in [5.41, 5.74) is 6.88. The van der Waals surface area contributed by atoms with Crippen molar-refractivity contribution in [3.05, 3.63) is 29.8 Å². The number of ether oxygens (including phenoxy) is 1. The van der Waals surface area contributed by atoms with Crippen molar-refractivity contribution in [2.45, 2.75) is 27.2 Å². The molecule has 0 heterocycles. The first-order chi connectivity index (χ1) is 9.65. The van der Waals surface area contributed by atoms with E-state index in [1.807, 2.05) is 49.9 Å². The molecule has 0 bridgehead atoms. The largest absolute Gasteiger partial charge is 0.494 e. The Hall–Kier alpha value is -1.55. The van der Waals surface area contributed by atoms with Gasteiger partial charge in [0.25, 0.3) is 0 Å². The van der Waals surface area contributed by atoms with E-state index in [2.05, 4.69) is 0 Å². The molecule has 1 amide bonds. The molecular formula is C16H26N2O2. The first kappa shape index (κ1) is 16.5. The summed E-state index contributed by atoms with van der Waals surface area (Å²) in [6.07, 6.45) is 0.659. The van der Waals surface area contributed by atoms with Gasteiger partial charge >= 0.3 is 0 Å². The highest BCUT2D eigenvalue weighted by molar-refractivity contribution is 5.79. The Morgan fingerprint density at radius 3 is 2.55 bits per heavy atom. The lowest BCUT2D eigenvalue weighted by Gasteiger charge is -2.24. The second kappa shape index (κ2) is 8.59. The molecule has 0 radical (unpaired) electrons. The minimum absolute atomic E-state index is 0.138. The van der Waals surface area contributed by atoms with E-state index in [-0.39, 0.29) is 11.8 Å². The topological polar surface area (TPSA) is 55.6 Å². The fourth-order valence-corrected chi connectivity index (χ4v) is 2.28. The van der Waals surface area contributed by atoms with E-state index in [9.17, 15) is 4.79 Å².